The molecule has 0 radical (unpaired) electrons. The zero-order chi connectivity index (χ0) is 16.1. The number of pyridine rings is 1. The fourth-order valence-electron chi connectivity index (χ4n) is 2.35. The third-order valence-corrected chi connectivity index (χ3v) is 3.57. The van der Waals surface area contributed by atoms with E-state index >= 15 is 0 Å². The van der Waals surface area contributed by atoms with Crippen molar-refractivity contribution in [2.45, 2.75) is 13.3 Å². The molecule has 22 heavy (non-hydrogen) atoms. The molecule has 0 amide bonds. The Bertz CT molecular complexity index is 610. The lowest BCUT2D eigenvalue weighted by molar-refractivity contribution is -0.152. The maximum atomic E-state index is 12.2. The minimum absolute atomic E-state index is 0.110. The molecule has 0 fully saturated rings. The number of halogens is 1. The third kappa shape index (κ3) is 3.95. The number of allylic oxidation sites excluding steroid dienone is 2. The summed E-state index contributed by atoms with van der Waals surface area (Å²) in [6.45, 7) is 5.44. The highest BCUT2D eigenvalue weighted by atomic mass is 35.5. The molecule has 2 rings (SSSR count). The normalized spacial score (nSPS) is 21.0. The number of rotatable bonds is 5. The van der Waals surface area contributed by atoms with E-state index in [2.05, 4.69) is 16.9 Å². The van der Waals surface area contributed by atoms with Crippen molar-refractivity contribution < 1.29 is 14.3 Å². The smallest absolute Gasteiger partial charge is 0.317 e. The standard InChI is InChI=1S/C16H17ClN2O3/c1-3-6-22-16(21)15-10(2)7-12(8-13(15)20)19-14-5-4-11(17)9-18-14/h3-5,8-10,15H,1,6-7H2,2H3,(H,18,19). The molecule has 0 aromatic carbocycles. The summed E-state index contributed by atoms with van der Waals surface area (Å²) in [6.07, 6.45) is 5.00. The van der Waals surface area contributed by atoms with Gasteiger partial charge in [-0.1, -0.05) is 31.2 Å². The van der Waals surface area contributed by atoms with Crippen LogP contribution in [0.2, 0.25) is 5.02 Å². The van der Waals surface area contributed by atoms with E-state index in [0.717, 1.165) is 5.70 Å². The summed E-state index contributed by atoms with van der Waals surface area (Å²) in [7, 11) is 0. The average Bonchev–Trinajstić information content (AvgIpc) is 2.47. The number of nitrogens with zero attached hydrogens (tertiary/aromatic N) is 1. The van der Waals surface area contributed by atoms with E-state index in [4.69, 9.17) is 16.3 Å². The molecule has 1 heterocycles. The molecule has 1 aromatic heterocycles. The van der Waals surface area contributed by atoms with Gasteiger partial charge in [0.1, 0.15) is 18.3 Å². The molecule has 1 aliphatic carbocycles. The van der Waals surface area contributed by atoms with Crippen molar-refractivity contribution in [3.05, 3.63) is 47.8 Å². The van der Waals surface area contributed by atoms with Crippen molar-refractivity contribution in [1.82, 2.24) is 4.98 Å². The SMILES string of the molecule is C=CCOC(=O)C1C(=O)C=C(Nc2ccc(Cl)cn2)CC1C. The van der Waals surface area contributed by atoms with Crippen molar-refractivity contribution >= 4 is 29.2 Å². The lowest BCUT2D eigenvalue weighted by Crippen LogP contribution is -2.35. The second-order valence-corrected chi connectivity index (χ2v) is 5.57. The average molecular weight is 321 g/mol. The number of esters is 1. The number of carbonyl (C=O) groups is 2. The number of ketones is 1. The first-order valence-electron chi connectivity index (χ1n) is 6.91. The number of aromatic nitrogens is 1. The van der Waals surface area contributed by atoms with Gasteiger partial charge in [-0.3, -0.25) is 9.59 Å². The van der Waals surface area contributed by atoms with E-state index in [0.29, 0.717) is 17.3 Å². The molecule has 116 valence electrons. The Labute approximate surface area is 134 Å². The Morgan fingerprint density at radius 1 is 1.59 bits per heavy atom. The summed E-state index contributed by atoms with van der Waals surface area (Å²) in [5.41, 5.74) is 0.722. The van der Waals surface area contributed by atoms with Gasteiger partial charge in [0.15, 0.2) is 5.78 Å². The minimum atomic E-state index is -0.760. The molecule has 1 N–H and O–H groups in total. The van der Waals surface area contributed by atoms with E-state index in [1.165, 1.54) is 18.3 Å². The minimum Gasteiger partial charge on any atom is -0.461 e. The van der Waals surface area contributed by atoms with Gasteiger partial charge in [-0.25, -0.2) is 4.98 Å². The molecule has 6 heteroatoms. The van der Waals surface area contributed by atoms with Crippen molar-refractivity contribution in [2.24, 2.45) is 11.8 Å². The van der Waals surface area contributed by atoms with Crippen LogP contribution in [0.5, 0.6) is 0 Å². The van der Waals surface area contributed by atoms with Crippen LogP contribution in [0.4, 0.5) is 5.82 Å². The molecule has 0 saturated heterocycles. The number of hydrogen-bond donors (Lipinski definition) is 1. The Balaban J connectivity index is 2.07. The second-order valence-electron chi connectivity index (χ2n) is 5.14. The first-order chi connectivity index (χ1) is 10.5. The highest BCUT2D eigenvalue weighted by Gasteiger charge is 2.36. The molecule has 0 saturated carbocycles. The van der Waals surface area contributed by atoms with E-state index in [1.54, 1.807) is 12.1 Å². The first-order valence-corrected chi connectivity index (χ1v) is 7.29. The zero-order valence-electron chi connectivity index (χ0n) is 12.2. The van der Waals surface area contributed by atoms with Gasteiger partial charge < -0.3 is 10.1 Å². The molecule has 1 aromatic rings. The van der Waals surface area contributed by atoms with Crippen LogP contribution in [0.25, 0.3) is 0 Å². The largest absolute Gasteiger partial charge is 0.461 e. The predicted molar refractivity (Wildman–Crippen MR) is 84.4 cm³/mol. The van der Waals surface area contributed by atoms with Gasteiger partial charge in [-0.05, 0) is 24.5 Å². The van der Waals surface area contributed by atoms with Crippen LogP contribution in [-0.2, 0) is 14.3 Å². The number of ether oxygens (including phenoxy) is 1. The Morgan fingerprint density at radius 3 is 2.95 bits per heavy atom. The zero-order valence-corrected chi connectivity index (χ0v) is 13.0. The summed E-state index contributed by atoms with van der Waals surface area (Å²) < 4.78 is 4.98. The molecule has 2 atom stereocenters. The highest BCUT2D eigenvalue weighted by molar-refractivity contribution is 6.30. The van der Waals surface area contributed by atoms with Crippen molar-refractivity contribution in [2.75, 3.05) is 11.9 Å². The number of carbonyl (C=O) groups excluding carboxylic acids is 2. The van der Waals surface area contributed by atoms with Crippen LogP contribution in [0, 0.1) is 11.8 Å². The van der Waals surface area contributed by atoms with E-state index in [9.17, 15) is 9.59 Å². The third-order valence-electron chi connectivity index (χ3n) is 3.35. The maximum absolute atomic E-state index is 12.2. The maximum Gasteiger partial charge on any atom is 0.317 e. The second kappa shape index (κ2) is 7.22. The Morgan fingerprint density at radius 2 is 2.36 bits per heavy atom. The summed E-state index contributed by atoms with van der Waals surface area (Å²) in [4.78, 5) is 28.2. The van der Waals surface area contributed by atoms with Gasteiger partial charge in [0.2, 0.25) is 0 Å². The Hall–Kier alpha value is -2.14. The fourth-order valence-corrected chi connectivity index (χ4v) is 2.46. The quantitative estimate of drug-likeness (QED) is 0.513. The van der Waals surface area contributed by atoms with Crippen molar-refractivity contribution in [3.63, 3.8) is 0 Å². The van der Waals surface area contributed by atoms with Crippen LogP contribution in [0.3, 0.4) is 0 Å². The molecule has 1 aliphatic rings. The number of nitrogens with one attached hydrogen (secondary N) is 1. The van der Waals surface area contributed by atoms with Gasteiger partial charge in [0.05, 0.1) is 5.02 Å². The van der Waals surface area contributed by atoms with E-state index < -0.39 is 11.9 Å². The molecule has 2 unspecified atom stereocenters. The molecule has 5 nitrogen and oxygen atoms in total. The van der Waals surface area contributed by atoms with E-state index in [1.807, 2.05) is 6.92 Å². The summed E-state index contributed by atoms with van der Waals surface area (Å²) in [6, 6.07) is 3.43. The van der Waals surface area contributed by atoms with Gasteiger partial charge in [-0.15, -0.1) is 0 Å². The lowest BCUT2D eigenvalue weighted by atomic mass is 9.82. The predicted octanol–water partition coefficient (Wildman–Crippen LogP) is 2.99. The van der Waals surface area contributed by atoms with Crippen molar-refractivity contribution in [1.29, 1.82) is 0 Å². The highest BCUT2D eigenvalue weighted by Crippen LogP contribution is 2.28. The van der Waals surface area contributed by atoms with Crippen LogP contribution >= 0.6 is 11.6 Å². The van der Waals surface area contributed by atoms with Gasteiger partial charge in [0.25, 0.3) is 0 Å². The number of anilines is 1. The molecular weight excluding hydrogens is 304 g/mol. The molecule has 0 aliphatic heterocycles. The van der Waals surface area contributed by atoms with Gasteiger partial charge in [0, 0.05) is 18.0 Å². The van der Waals surface area contributed by atoms with Crippen LogP contribution in [0.15, 0.2) is 42.8 Å². The van der Waals surface area contributed by atoms with Gasteiger partial charge in [-0.2, -0.15) is 0 Å². The monoisotopic (exact) mass is 320 g/mol. The molecular formula is C16H17ClN2O3. The van der Waals surface area contributed by atoms with Crippen LogP contribution in [0.1, 0.15) is 13.3 Å². The molecule has 0 bridgehead atoms. The molecule has 0 spiro atoms. The Kier molecular flexibility index (Phi) is 5.33. The van der Waals surface area contributed by atoms with E-state index in [-0.39, 0.29) is 18.3 Å². The summed E-state index contributed by atoms with van der Waals surface area (Å²) >= 11 is 5.78. The number of hydrogen-bond acceptors (Lipinski definition) is 5. The summed E-state index contributed by atoms with van der Waals surface area (Å²) in [5.74, 6) is -1.07. The summed E-state index contributed by atoms with van der Waals surface area (Å²) in [5, 5.41) is 3.61. The lowest BCUT2D eigenvalue weighted by Gasteiger charge is -2.26. The van der Waals surface area contributed by atoms with Crippen LogP contribution < -0.4 is 5.32 Å². The topological polar surface area (TPSA) is 68.3 Å². The van der Waals surface area contributed by atoms with Crippen molar-refractivity contribution in [3.8, 4) is 0 Å². The van der Waals surface area contributed by atoms with Crippen LogP contribution in [-0.4, -0.2) is 23.3 Å². The fraction of sp³-hybridized carbons (Fsp3) is 0.312. The van der Waals surface area contributed by atoms with Gasteiger partial charge >= 0.3 is 5.97 Å². The first kappa shape index (κ1) is 16.2.